The van der Waals surface area contributed by atoms with E-state index < -0.39 is 23.9 Å². The minimum absolute atomic E-state index is 0.447. The lowest BCUT2D eigenvalue weighted by atomic mass is 10.1. The molecule has 0 fully saturated rings. The summed E-state index contributed by atoms with van der Waals surface area (Å²) in [7, 11) is 0. The Morgan fingerprint density at radius 1 is 1.15 bits per heavy atom. The normalized spacial score (nSPS) is 11.2. The van der Waals surface area contributed by atoms with Gasteiger partial charge in [0.25, 0.3) is 0 Å². The maximum Gasteiger partial charge on any atom is 0.362 e. The molecule has 0 aliphatic carbocycles. The Balaban J connectivity index is 0.000000396. The van der Waals surface area contributed by atoms with Crippen LogP contribution in [-0.2, 0) is 20.8 Å². The van der Waals surface area contributed by atoms with Crippen LogP contribution in [0, 0.1) is 0 Å². The van der Waals surface area contributed by atoms with Gasteiger partial charge in [0.05, 0.1) is 5.97 Å². The van der Waals surface area contributed by atoms with Gasteiger partial charge in [-0.15, -0.1) is 0 Å². The molecule has 0 aromatic heterocycles. The average molecular weight is 281 g/mol. The van der Waals surface area contributed by atoms with Gasteiger partial charge in [-0.25, -0.2) is 9.59 Å². The van der Waals surface area contributed by atoms with Crippen LogP contribution >= 0.6 is 0 Å². The van der Waals surface area contributed by atoms with E-state index in [1.165, 1.54) is 0 Å². The van der Waals surface area contributed by atoms with E-state index in [1.807, 2.05) is 30.3 Å². The van der Waals surface area contributed by atoms with Crippen LogP contribution in [0.5, 0.6) is 0 Å². The van der Waals surface area contributed by atoms with Crippen molar-refractivity contribution < 1.29 is 35.4 Å². The first-order valence-corrected chi connectivity index (χ1v) is 5.54. The van der Waals surface area contributed by atoms with Crippen LogP contribution in [0.3, 0.4) is 0 Å². The van der Waals surface area contributed by atoms with Gasteiger partial charge in [0, 0.05) is 12.5 Å². The largest absolute Gasteiger partial charge is 0.545 e. The summed E-state index contributed by atoms with van der Waals surface area (Å²) in [4.78, 5) is 29.4. The Bertz CT molecular complexity index is 467. The van der Waals surface area contributed by atoms with Crippen LogP contribution in [-0.4, -0.2) is 34.2 Å². The second kappa shape index (κ2) is 9.29. The first-order valence-electron chi connectivity index (χ1n) is 5.54. The van der Waals surface area contributed by atoms with Crippen molar-refractivity contribution in [2.45, 2.75) is 12.5 Å². The first kappa shape index (κ1) is 17.3. The number of carbonyl (C=O) groups is 3. The molecule has 5 N–H and O–H groups in total. The van der Waals surface area contributed by atoms with Gasteiger partial charge in [-0.05, 0) is 11.6 Å². The molecule has 0 amide bonds. The molecule has 0 aliphatic heterocycles. The SMILES string of the molecule is O=C([O-])/C=C\C(=O)O.[NH3+][C@H](Cc1ccccc1)C(=O)O. The van der Waals surface area contributed by atoms with Crippen molar-refractivity contribution in [1.82, 2.24) is 0 Å². The van der Waals surface area contributed by atoms with Crippen molar-refractivity contribution in [1.29, 1.82) is 0 Å². The summed E-state index contributed by atoms with van der Waals surface area (Å²) in [5.74, 6) is -3.65. The van der Waals surface area contributed by atoms with Crippen LogP contribution in [0.15, 0.2) is 42.5 Å². The molecule has 20 heavy (non-hydrogen) atoms. The maximum atomic E-state index is 10.4. The molecule has 0 saturated carbocycles. The fraction of sp³-hybridized carbons (Fsp3) is 0.154. The third kappa shape index (κ3) is 9.37. The highest BCUT2D eigenvalue weighted by molar-refractivity contribution is 5.88. The van der Waals surface area contributed by atoms with Gasteiger partial charge >= 0.3 is 11.9 Å². The number of rotatable bonds is 5. The molecular weight excluding hydrogens is 266 g/mol. The van der Waals surface area contributed by atoms with Crippen molar-refractivity contribution in [3.05, 3.63) is 48.0 Å². The first-order chi connectivity index (χ1) is 9.32. The second-order valence-corrected chi connectivity index (χ2v) is 3.72. The Kier molecular flexibility index (Phi) is 8.05. The fourth-order valence-electron chi connectivity index (χ4n) is 1.13. The van der Waals surface area contributed by atoms with E-state index in [4.69, 9.17) is 10.2 Å². The standard InChI is InChI=1S/C9H11NO2.C4H4O4/c10-8(9(11)12)6-7-4-2-1-3-5-7;5-3(6)1-2-4(7)8/h1-5,8H,6,10H2,(H,11,12);1-2H,(H,5,6)(H,7,8)/b;2-1-/t8-;/m1./s1. The Hall–Kier alpha value is -2.67. The minimum atomic E-state index is -1.51. The molecule has 0 spiro atoms. The van der Waals surface area contributed by atoms with Gasteiger partial charge in [0.15, 0.2) is 6.04 Å². The summed E-state index contributed by atoms with van der Waals surface area (Å²) in [5.41, 5.74) is 4.55. The number of hydrogen-bond acceptors (Lipinski definition) is 4. The van der Waals surface area contributed by atoms with E-state index in [9.17, 15) is 19.5 Å². The number of carboxylic acid groups (broad SMARTS) is 3. The Morgan fingerprint density at radius 3 is 2.05 bits per heavy atom. The summed E-state index contributed by atoms with van der Waals surface area (Å²) in [6.07, 6.45) is 1.44. The van der Waals surface area contributed by atoms with E-state index >= 15 is 0 Å². The third-order valence-corrected chi connectivity index (χ3v) is 2.04. The van der Waals surface area contributed by atoms with Crippen LogP contribution in [0.25, 0.3) is 0 Å². The lowest BCUT2D eigenvalue weighted by molar-refractivity contribution is -0.407. The molecule has 1 aromatic rings. The third-order valence-electron chi connectivity index (χ3n) is 2.04. The van der Waals surface area contributed by atoms with E-state index in [0.29, 0.717) is 18.6 Å². The Morgan fingerprint density at radius 2 is 1.70 bits per heavy atom. The lowest BCUT2D eigenvalue weighted by Crippen LogP contribution is -2.65. The van der Waals surface area contributed by atoms with Gasteiger partial charge in [0.1, 0.15) is 0 Å². The molecule has 0 aliphatic rings. The van der Waals surface area contributed by atoms with Crippen molar-refractivity contribution in [3.63, 3.8) is 0 Å². The van der Waals surface area contributed by atoms with Gasteiger partial charge in [-0.2, -0.15) is 0 Å². The molecule has 0 unspecified atom stereocenters. The predicted molar refractivity (Wildman–Crippen MR) is 66.2 cm³/mol. The van der Waals surface area contributed by atoms with Crippen LogP contribution < -0.4 is 10.8 Å². The van der Waals surface area contributed by atoms with Crippen molar-refractivity contribution in [2.75, 3.05) is 0 Å². The Labute approximate surface area is 115 Å². The van der Waals surface area contributed by atoms with Gasteiger partial charge in [0.2, 0.25) is 0 Å². The van der Waals surface area contributed by atoms with Crippen molar-refractivity contribution in [2.24, 2.45) is 0 Å². The predicted octanol–water partition coefficient (Wildman–Crippen LogP) is -1.70. The smallest absolute Gasteiger partial charge is 0.362 e. The maximum absolute atomic E-state index is 10.4. The highest BCUT2D eigenvalue weighted by atomic mass is 16.4. The molecular formula is C13H15NO6. The second-order valence-electron chi connectivity index (χ2n) is 3.72. The van der Waals surface area contributed by atoms with Gasteiger partial charge in [-0.1, -0.05) is 30.3 Å². The summed E-state index contributed by atoms with van der Waals surface area (Å²) in [6, 6.07) is 8.95. The molecule has 0 radical (unpaired) electrons. The molecule has 0 heterocycles. The monoisotopic (exact) mass is 281 g/mol. The fourth-order valence-corrected chi connectivity index (χ4v) is 1.13. The lowest BCUT2D eigenvalue weighted by Gasteiger charge is -2.02. The number of carboxylic acids is 3. The highest BCUT2D eigenvalue weighted by Gasteiger charge is 2.15. The molecule has 1 atom stereocenters. The van der Waals surface area contributed by atoms with Gasteiger partial charge < -0.3 is 25.8 Å². The summed E-state index contributed by atoms with van der Waals surface area (Å²) in [5, 5.41) is 25.8. The summed E-state index contributed by atoms with van der Waals surface area (Å²) in [6.45, 7) is 0. The quantitative estimate of drug-likeness (QED) is 0.549. The van der Waals surface area contributed by atoms with Crippen LogP contribution in [0.2, 0.25) is 0 Å². The number of hydrogen-bond donors (Lipinski definition) is 3. The molecule has 1 rings (SSSR count). The zero-order valence-electron chi connectivity index (χ0n) is 10.6. The van der Waals surface area contributed by atoms with E-state index in [2.05, 4.69) is 5.73 Å². The van der Waals surface area contributed by atoms with Crippen LogP contribution in [0.1, 0.15) is 5.56 Å². The number of benzene rings is 1. The summed E-state index contributed by atoms with van der Waals surface area (Å²) >= 11 is 0. The molecule has 108 valence electrons. The van der Waals surface area contributed by atoms with Crippen molar-refractivity contribution in [3.8, 4) is 0 Å². The molecule has 0 saturated heterocycles. The summed E-state index contributed by atoms with van der Waals surface area (Å²) < 4.78 is 0. The molecule has 0 bridgehead atoms. The minimum Gasteiger partial charge on any atom is -0.545 e. The van der Waals surface area contributed by atoms with Crippen molar-refractivity contribution >= 4 is 17.9 Å². The molecule has 1 aromatic carbocycles. The number of quaternary nitrogens is 1. The van der Waals surface area contributed by atoms with E-state index in [-0.39, 0.29) is 0 Å². The molecule has 7 nitrogen and oxygen atoms in total. The molecule has 7 heteroatoms. The number of carbonyl (C=O) groups excluding carboxylic acids is 1. The zero-order valence-corrected chi connectivity index (χ0v) is 10.6. The average Bonchev–Trinajstić information content (AvgIpc) is 2.38. The van der Waals surface area contributed by atoms with Crippen LogP contribution in [0.4, 0.5) is 0 Å². The topological polar surface area (TPSA) is 142 Å². The highest BCUT2D eigenvalue weighted by Crippen LogP contribution is 2.00. The zero-order chi connectivity index (χ0) is 15.5. The number of aliphatic carboxylic acids is 3. The van der Waals surface area contributed by atoms with Gasteiger partial charge in [-0.3, -0.25) is 0 Å². The van der Waals surface area contributed by atoms with E-state index in [0.717, 1.165) is 5.56 Å². The van der Waals surface area contributed by atoms with E-state index in [1.54, 1.807) is 0 Å².